The number of nitrogens with zero attached hydrogens (tertiary/aromatic N) is 2. The van der Waals surface area contributed by atoms with Crippen LogP contribution in [0.1, 0.15) is 60.7 Å². The van der Waals surface area contributed by atoms with E-state index in [1.807, 2.05) is 50.2 Å². The third kappa shape index (κ3) is 9.55. The molecule has 0 saturated heterocycles. The summed E-state index contributed by atoms with van der Waals surface area (Å²) in [5.41, 5.74) is 1.93. The van der Waals surface area contributed by atoms with E-state index in [1.54, 1.807) is 66.2 Å². The zero-order valence-electron chi connectivity index (χ0n) is 27.1. The number of aliphatic hydroxyl groups excluding tert-OH is 1. The summed E-state index contributed by atoms with van der Waals surface area (Å²) in [6, 6.07) is 22.2. The minimum atomic E-state index is -0.518. The summed E-state index contributed by atoms with van der Waals surface area (Å²) in [4.78, 5) is 43.5. The molecule has 3 aromatic rings. The summed E-state index contributed by atoms with van der Waals surface area (Å²) >= 11 is 0. The van der Waals surface area contributed by atoms with Crippen LogP contribution in [-0.4, -0.2) is 84.4 Å². The first-order valence-corrected chi connectivity index (χ1v) is 15.9. The molecule has 1 aliphatic heterocycles. The van der Waals surface area contributed by atoms with Gasteiger partial charge in [0.05, 0.1) is 30.4 Å². The number of carbonyl (C=O) groups excluding carboxylic acids is 3. The fourth-order valence-electron chi connectivity index (χ4n) is 5.43. The highest BCUT2D eigenvalue weighted by molar-refractivity contribution is 6.02. The van der Waals surface area contributed by atoms with Gasteiger partial charge in [-0.15, -0.1) is 0 Å². The second-order valence-corrected chi connectivity index (χ2v) is 12.0. The van der Waals surface area contributed by atoms with Gasteiger partial charge in [0.2, 0.25) is 0 Å². The van der Waals surface area contributed by atoms with Crippen molar-refractivity contribution in [2.24, 2.45) is 5.92 Å². The Hall–Kier alpha value is -4.41. The lowest BCUT2D eigenvalue weighted by molar-refractivity contribution is -0.0149. The average Bonchev–Trinajstić information content (AvgIpc) is 3.06. The normalized spacial score (nSPS) is 20.0. The smallest absolute Gasteiger partial charge is 0.323 e. The Morgan fingerprint density at radius 3 is 2.35 bits per heavy atom. The molecule has 4 rings (SSSR count). The molecule has 1 heterocycles. The van der Waals surface area contributed by atoms with Gasteiger partial charge in [-0.1, -0.05) is 43.3 Å². The van der Waals surface area contributed by atoms with Gasteiger partial charge < -0.3 is 35.0 Å². The number of anilines is 2. The van der Waals surface area contributed by atoms with Crippen molar-refractivity contribution in [3.63, 3.8) is 0 Å². The van der Waals surface area contributed by atoms with Crippen molar-refractivity contribution in [1.82, 2.24) is 9.80 Å². The van der Waals surface area contributed by atoms with Crippen LogP contribution in [-0.2, 0) is 4.74 Å². The lowest BCUT2D eigenvalue weighted by Crippen LogP contribution is -2.48. The first-order valence-electron chi connectivity index (χ1n) is 15.9. The van der Waals surface area contributed by atoms with Crippen LogP contribution in [0.25, 0.3) is 0 Å². The van der Waals surface area contributed by atoms with Crippen molar-refractivity contribution < 1.29 is 29.0 Å². The third-order valence-electron chi connectivity index (χ3n) is 8.16. The monoisotopic (exact) mass is 630 g/mol. The molecule has 0 fully saturated rings. The summed E-state index contributed by atoms with van der Waals surface area (Å²) in [6.45, 7) is 6.60. The van der Waals surface area contributed by atoms with E-state index < -0.39 is 12.1 Å². The van der Waals surface area contributed by atoms with E-state index in [1.165, 1.54) is 0 Å². The fourth-order valence-corrected chi connectivity index (χ4v) is 5.43. The van der Waals surface area contributed by atoms with Gasteiger partial charge in [0, 0.05) is 49.6 Å². The zero-order valence-corrected chi connectivity index (χ0v) is 27.1. The van der Waals surface area contributed by atoms with Gasteiger partial charge in [-0.05, 0) is 75.6 Å². The number of aliphatic hydroxyl groups is 1. The number of para-hydroxylation sites is 1. The van der Waals surface area contributed by atoms with E-state index in [0.717, 1.165) is 19.3 Å². The number of hydrogen-bond donors (Lipinski definition) is 3. The first-order chi connectivity index (χ1) is 22.2. The minimum absolute atomic E-state index is 0.108. The number of rotatable bonds is 7. The Bertz CT molecular complexity index is 1440. The van der Waals surface area contributed by atoms with Crippen LogP contribution in [0.2, 0.25) is 0 Å². The fraction of sp³-hybridized carbons (Fsp3) is 0.417. The molecule has 3 N–H and O–H groups in total. The van der Waals surface area contributed by atoms with Gasteiger partial charge in [0.1, 0.15) is 5.75 Å². The summed E-state index contributed by atoms with van der Waals surface area (Å²) < 4.78 is 12.7. The van der Waals surface area contributed by atoms with Gasteiger partial charge in [0.25, 0.3) is 11.8 Å². The van der Waals surface area contributed by atoms with E-state index >= 15 is 0 Å². The number of urea groups is 1. The molecule has 0 spiro atoms. The number of ether oxygens (including phenoxy) is 2. The SMILES string of the molecule is C[C@@H]1CN([C@@H](C)CO)C(=O)c2cc(NC(=O)Nc3ccccc3)ccc2O[C@@H](C)CCCCO[C@H]1CN(C)C(=O)c1ccccc1. The highest BCUT2D eigenvalue weighted by Gasteiger charge is 2.31. The zero-order chi connectivity index (χ0) is 33.1. The van der Waals surface area contributed by atoms with Gasteiger partial charge in [0.15, 0.2) is 0 Å². The molecular weight excluding hydrogens is 584 g/mol. The number of hydrogen-bond acceptors (Lipinski definition) is 6. The highest BCUT2D eigenvalue weighted by Crippen LogP contribution is 2.29. The van der Waals surface area contributed by atoms with Crippen molar-refractivity contribution in [1.29, 1.82) is 0 Å². The number of benzene rings is 3. The predicted octanol–water partition coefficient (Wildman–Crippen LogP) is 5.90. The Morgan fingerprint density at radius 1 is 0.978 bits per heavy atom. The van der Waals surface area contributed by atoms with Crippen LogP contribution >= 0.6 is 0 Å². The summed E-state index contributed by atoms with van der Waals surface area (Å²) in [5.74, 6) is -0.225. The molecule has 46 heavy (non-hydrogen) atoms. The molecule has 0 saturated carbocycles. The lowest BCUT2D eigenvalue weighted by Gasteiger charge is -2.36. The van der Waals surface area contributed by atoms with Crippen LogP contribution in [0.4, 0.5) is 16.2 Å². The van der Waals surface area contributed by atoms with Crippen molar-refractivity contribution in [2.75, 3.05) is 44.0 Å². The van der Waals surface area contributed by atoms with Gasteiger partial charge >= 0.3 is 6.03 Å². The molecule has 1 aliphatic rings. The number of likely N-dealkylation sites (N-methyl/N-ethyl adjacent to an activating group) is 1. The lowest BCUT2D eigenvalue weighted by atomic mass is 10.0. The van der Waals surface area contributed by atoms with Crippen LogP contribution < -0.4 is 15.4 Å². The molecule has 0 bridgehead atoms. The molecule has 0 radical (unpaired) electrons. The van der Waals surface area contributed by atoms with Crippen LogP contribution in [0, 0.1) is 5.92 Å². The molecule has 10 heteroatoms. The van der Waals surface area contributed by atoms with Crippen molar-refractivity contribution in [3.8, 4) is 5.75 Å². The maximum Gasteiger partial charge on any atom is 0.323 e. The van der Waals surface area contributed by atoms with Crippen LogP contribution in [0.5, 0.6) is 5.75 Å². The van der Waals surface area contributed by atoms with Crippen molar-refractivity contribution >= 4 is 29.2 Å². The van der Waals surface area contributed by atoms with E-state index in [9.17, 15) is 19.5 Å². The molecular formula is C36H46N4O6. The maximum atomic E-state index is 14.3. The number of fused-ring (bicyclic) bond motifs is 1. The summed E-state index contributed by atoms with van der Waals surface area (Å²) in [5, 5.41) is 15.8. The molecule has 10 nitrogen and oxygen atoms in total. The second kappa shape index (κ2) is 16.8. The van der Waals surface area contributed by atoms with Crippen molar-refractivity contribution in [3.05, 3.63) is 90.0 Å². The Kier molecular flexibility index (Phi) is 12.6. The van der Waals surface area contributed by atoms with E-state index in [4.69, 9.17) is 9.47 Å². The second-order valence-electron chi connectivity index (χ2n) is 12.0. The Balaban J connectivity index is 1.60. The van der Waals surface area contributed by atoms with Crippen molar-refractivity contribution in [2.45, 2.75) is 58.3 Å². The topological polar surface area (TPSA) is 120 Å². The van der Waals surface area contributed by atoms with E-state index in [0.29, 0.717) is 35.8 Å². The minimum Gasteiger partial charge on any atom is -0.490 e. The quantitative estimate of drug-likeness (QED) is 0.299. The molecule has 0 unspecified atom stereocenters. The van der Waals surface area contributed by atoms with Gasteiger partial charge in [-0.25, -0.2) is 4.79 Å². The molecule has 246 valence electrons. The predicted molar refractivity (Wildman–Crippen MR) is 179 cm³/mol. The highest BCUT2D eigenvalue weighted by atomic mass is 16.5. The summed E-state index contributed by atoms with van der Waals surface area (Å²) in [6.07, 6.45) is 1.89. The van der Waals surface area contributed by atoms with Gasteiger partial charge in [-0.3, -0.25) is 9.59 Å². The third-order valence-corrected chi connectivity index (χ3v) is 8.16. The molecule has 3 aromatic carbocycles. The number of carbonyl (C=O) groups is 3. The van der Waals surface area contributed by atoms with E-state index in [-0.39, 0.29) is 48.7 Å². The standard InChI is InChI=1S/C36H46N4O6/c1-25-22-40(26(2)24-41)35(43)31-21-30(38-36(44)37-29-16-9-6-10-17-29)18-19-32(31)46-27(3)13-11-12-20-45-33(25)23-39(4)34(42)28-14-7-5-8-15-28/h5-10,14-19,21,25-27,33,41H,11-13,20,22-24H2,1-4H3,(H2,37,38,44)/t25-,26+,27+,33+/m1/s1. The van der Waals surface area contributed by atoms with Gasteiger partial charge in [-0.2, -0.15) is 0 Å². The average molecular weight is 631 g/mol. The molecule has 4 atom stereocenters. The Labute approximate surface area is 271 Å². The van der Waals surface area contributed by atoms with Crippen LogP contribution in [0.3, 0.4) is 0 Å². The molecule has 0 aromatic heterocycles. The Morgan fingerprint density at radius 2 is 1.65 bits per heavy atom. The van der Waals surface area contributed by atoms with E-state index in [2.05, 4.69) is 10.6 Å². The number of nitrogens with one attached hydrogen (secondary N) is 2. The van der Waals surface area contributed by atoms with Crippen LogP contribution in [0.15, 0.2) is 78.9 Å². The maximum absolute atomic E-state index is 14.3. The largest absolute Gasteiger partial charge is 0.490 e. The summed E-state index contributed by atoms with van der Waals surface area (Å²) in [7, 11) is 1.76. The first kappa shape index (κ1) is 34.5. The number of amides is 4. The molecule has 4 amide bonds. The molecule has 0 aliphatic carbocycles.